The summed E-state index contributed by atoms with van der Waals surface area (Å²) >= 11 is 5.97. The molecule has 2 aromatic rings. The summed E-state index contributed by atoms with van der Waals surface area (Å²) in [5.74, 6) is 0. The maximum atomic E-state index is 8.82. The molecule has 0 unspecified atom stereocenters. The zero-order valence-electron chi connectivity index (χ0n) is 8.53. The van der Waals surface area contributed by atoms with Crippen LogP contribution in [-0.4, -0.2) is 9.55 Å². The Hall–Kier alpha value is -1.53. The van der Waals surface area contributed by atoms with Crippen LogP contribution in [0.4, 0.5) is 0 Å². The second-order valence-corrected chi connectivity index (χ2v) is 4.09. The molecular weight excluding hydrogens is 210 g/mol. The van der Waals surface area contributed by atoms with Gasteiger partial charge in [-0.15, -0.1) is 0 Å². The van der Waals surface area contributed by atoms with E-state index >= 15 is 0 Å². The Bertz CT molecular complexity index is 549. The fourth-order valence-corrected chi connectivity index (χ4v) is 1.75. The maximum absolute atomic E-state index is 8.82. The number of benzene rings is 1. The Morgan fingerprint density at radius 1 is 1.47 bits per heavy atom. The van der Waals surface area contributed by atoms with Crippen LogP contribution in [0.5, 0.6) is 0 Å². The van der Waals surface area contributed by atoms with E-state index in [0.717, 1.165) is 11.0 Å². The summed E-state index contributed by atoms with van der Waals surface area (Å²) < 4.78 is 2.03. The number of halogens is 1. The predicted molar refractivity (Wildman–Crippen MR) is 59.8 cm³/mol. The third-order valence-electron chi connectivity index (χ3n) is 2.34. The van der Waals surface area contributed by atoms with Crippen LogP contribution in [0.3, 0.4) is 0 Å². The summed E-state index contributed by atoms with van der Waals surface area (Å²) in [6.07, 6.45) is 1.77. The third-order valence-corrected chi connectivity index (χ3v) is 2.65. The molecule has 1 aromatic carbocycles. The van der Waals surface area contributed by atoms with Gasteiger partial charge in [-0.1, -0.05) is 11.6 Å². The normalized spacial score (nSPS) is 10.9. The highest BCUT2D eigenvalue weighted by molar-refractivity contribution is 6.32. The van der Waals surface area contributed by atoms with Crippen molar-refractivity contribution >= 4 is 22.6 Å². The number of nitriles is 1. The van der Waals surface area contributed by atoms with Crippen LogP contribution in [0, 0.1) is 11.3 Å². The van der Waals surface area contributed by atoms with Gasteiger partial charge in [0, 0.05) is 6.04 Å². The molecule has 0 amide bonds. The number of hydrogen-bond acceptors (Lipinski definition) is 2. The molecule has 1 aromatic heterocycles. The van der Waals surface area contributed by atoms with Gasteiger partial charge in [0.2, 0.25) is 0 Å². The lowest BCUT2D eigenvalue weighted by atomic mass is 10.2. The fourth-order valence-electron chi connectivity index (χ4n) is 1.55. The highest BCUT2D eigenvalue weighted by Gasteiger charge is 2.09. The maximum Gasteiger partial charge on any atom is 0.101 e. The Morgan fingerprint density at radius 2 is 2.20 bits per heavy atom. The Kier molecular flexibility index (Phi) is 2.37. The molecule has 4 heteroatoms. The molecule has 0 N–H and O–H groups in total. The molecule has 0 fully saturated rings. The lowest BCUT2D eigenvalue weighted by Crippen LogP contribution is -1.98. The molecule has 1 heterocycles. The molecule has 0 bridgehead atoms. The monoisotopic (exact) mass is 219 g/mol. The molecule has 0 aliphatic heterocycles. The number of nitrogens with zero attached hydrogens (tertiary/aromatic N) is 3. The minimum Gasteiger partial charge on any atom is -0.328 e. The lowest BCUT2D eigenvalue weighted by Gasteiger charge is -2.07. The first-order valence-electron chi connectivity index (χ1n) is 4.69. The zero-order chi connectivity index (χ0) is 11.0. The number of imidazole rings is 1. The third kappa shape index (κ3) is 1.57. The van der Waals surface area contributed by atoms with Crippen molar-refractivity contribution < 1.29 is 0 Å². The Balaban J connectivity index is 2.74. The van der Waals surface area contributed by atoms with Crippen molar-refractivity contribution in [3.63, 3.8) is 0 Å². The van der Waals surface area contributed by atoms with E-state index in [1.165, 1.54) is 0 Å². The number of aromatic nitrogens is 2. The van der Waals surface area contributed by atoms with E-state index in [-0.39, 0.29) is 0 Å². The Morgan fingerprint density at radius 3 is 2.80 bits per heavy atom. The van der Waals surface area contributed by atoms with Gasteiger partial charge in [-0.2, -0.15) is 5.26 Å². The molecule has 0 saturated carbocycles. The molecule has 15 heavy (non-hydrogen) atoms. The average molecular weight is 220 g/mol. The summed E-state index contributed by atoms with van der Waals surface area (Å²) in [4.78, 5) is 4.24. The van der Waals surface area contributed by atoms with Crippen molar-refractivity contribution in [3.8, 4) is 6.07 Å². The molecule has 0 spiro atoms. The molecule has 0 aliphatic carbocycles. The van der Waals surface area contributed by atoms with Crippen molar-refractivity contribution in [3.05, 3.63) is 29.0 Å². The van der Waals surface area contributed by atoms with Crippen LogP contribution in [0.2, 0.25) is 5.02 Å². The summed E-state index contributed by atoms with van der Waals surface area (Å²) in [5.41, 5.74) is 2.25. The van der Waals surface area contributed by atoms with E-state index in [2.05, 4.69) is 18.8 Å². The topological polar surface area (TPSA) is 41.6 Å². The van der Waals surface area contributed by atoms with Gasteiger partial charge in [0.25, 0.3) is 0 Å². The summed E-state index contributed by atoms with van der Waals surface area (Å²) in [6.45, 7) is 4.15. The average Bonchev–Trinajstić information content (AvgIpc) is 2.59. The van der Waals surface area contributed by atoms with E-state index in [1.807, 2.05) is 10.6 Å². The summed E-state index contributed by atoms with van der Waals surface area (Å²) in [6, 6.07) is 5.89. The molecule has 0 saturated heterocycles. The first kappa shape index (κ1) is 10.0. The van der Waals surface area contributed by atoms with E-state index < -0.39 is 0 Å². The summed E-state index contributed by atoms with van der Waals surface area (Å²) in [7, 11) is 0. The van der Waals surface area contributed by atoms with Crippen molar-refractivity contribution in [2.45, 2.75) is 19.9 Å². The largest absolute Gasteiger partial charge is 0.328 e. The highest BCUT2D eigenvalue weighted by atomic mass is 35.5. The molecule has 0 radical (unpaired) electrons. The standard InChI is InChI=1S/C11H10ClN3/c1-7(2)15-6-14-10-3-8(5-13)9(12)4-11(10)15/h3-4,6-7H,1-2H3. The van der Waals surface area contributed by atoms with E-state index in [1.54, 1.807) is 18.5 Å². The first-order valence-corrected chi connectivity index (χ1v) is 5.07. The van der Waals surface area contributed by atoms with Crippen LogP contribution >= 0.6 is 11.6 Å². The predicted octanol–water partition coefficient (Wildman–Crippen LogP) is 3.14. The van der Waals surface area contributed by atoms with Gasteiger partial charge in [0.05, 0.1) is 27.9 Å². The van der Waals surface area contributed by atoms with Gasteiger partial charge in [-0.25, -0.2) is 4.98 Å². The van der Waals surface area contributed by atoms with Gasteiger partial charge in [-0.05, 0) is 26.0 Å². The van der Waals surface area contributed by atoms with Gasteiger partial charge >= 0.3 is 0 Å². The van der Waals surface area contributed by atoms with Crippen LogP contribution in [0.15, 0.2) is 18.5 Å². The van der Waals surface area contributed by atoms with Crippen LogP contribution in [0.25, 0.3) is 11.0 Å². The number of rotatable bonds is 1. The van der Waals surface area contributed by atoms with E-state index in [9.17, 15) is 0 Å². The van der Waals surface area contributed by atoms with E-state index in [0.29, 0.717) is 16.6 Å². The second kappa shape index (κ2) is 3.56. The smallest absolute Gasteiger partial charge is 0.101 e. The molecule has 0 atom stereocenters. The number of hydrogen-bond donors (Lipinski definition) is 0. The quantitative estimate of drug-likeness (QED) is 0.740. The SMILES string of the molecule is CC(C)n1cnc2cc(C#N)c(Cl)cc21. The van der Waals surface area contributed by atoms with Crippen LogP contribution in [0.1, 0.15) is 25.5 Å². The summed E-state index contributed by atoms with van der Waals surface area (Å²) in [5, 5.41) is 9.30. The molecule has 76 valence electrons. The first-order chi connectivity index (χ1) is 7.13. The molecular formula is C11H10ClN3. The van der Waals surface area contributed by atoms with Crippen molar-refractivity contribution in [2.24, 2.45) is 0 Å². The lowest BCUT2D eigenvalue weighted by molar-refractivity contribution is 0.617. The Labute approximate surface area is 92.9 Å². The molecule has 3 nitrogen and oxygen atoms in total. The van der Waals surface area contributed by atoms with Crippen molar-refractivity contribution in [1.29, 1.82) is 5.26 Å². The van der Waals surface area contributed by atoms with Gasteiger partial charge in [-0.3, -0.25) is 0 Å². The second-order valence-electron chi connectivity index (χ2n) is 3.68. The van der Waals surface area contributed by atoms with Crippen LogP contribution < -0.4 is 0 Å². The van der Waals surface area contributed by atoms with Crippen molar-refractivity contribution in [2.75, 3.05) is 0 Å². The molecule has 0 aliphatic rings. The van der Waals surface area contributed by atoms with Crippen LogP contribution in [-0.2, 0) is 0 Å². The highest BCUT2D eigenvalue weighted by Crippen LogP contribution is 2.24. The van der Waals surface area contributed by atoms with E-state index in [4.69, 9.17) is 16.9 Å². The number of fused-ring (bicyclic) bond motifs is 1. The van der Waals surface area contributed by atoms with Crippen molar-refractivity contribution in [1.82, 2.24) is 9.55 Å². The van der Waals surface area contributed by atoms with Gasteiger partial charge < -0.3 is 4.57 Å². The fraction of sp³-hybridized carbons (Fsp3) is 0.273. The zero-order valence-corrected chi connectivity index (χ0v) is 9.28. The van der Waals surface area contributed by atoms with Gasteiger partial charge in [0.15, 0.2) is 0 Å². The van der Waals surface area contributed by atoms with Gasteiger partial charge in [0.1, 0.15) is 6.07 Å². The molecule has 2 rings (SSSR count). The minimum atomic E-state index is 0.332. The minimum absolute atomic E-state index is 0.332.